The molecule has 2 aromatic carbocycles. The Morgan fingerprint density at radius 1 is 1.25 bits per heavy atom. The van der Waals surface area contributed by atoms with Gasteiger partial charge in [0.05, 0.1) is 16.8 Å². The molecule has 4 aromatic rings. The number of fused-ring (bicyclic) bond motifs is 2. The van der Waals surface area contributed by atoms with E-state index in [1.165, 1.54) is 16.9 Å². The van der Waals surface area contributed by atoms with Crippen molar-refractivity contribution in [3.63, 3.8) is 0 Å². The molecule has 0 spiro atoms. The summed E-state index contributed by atoms with van der Waals surface area (Å²) in [7, 11) is 1.92. The summed E-state index contributed by atoms with van der Waals surface area (Å²) in [5.74, 6) is 0.897. The van der Waals surface area contributed by atoms with Gasteiger partial charge in [-0.1, -0.05) is 43.4 Å². The lowest BCUT2D eigenvalue weighted by Crippen LogP contribution is -2.12. The first-order valence-corrected chi connectivity index (χ1v) is 10.1. The highest BCUT2D eigenvalue weighted by Gasteiger charge is 2.15. The molecule has 0 aliphatic rings. The predicted octanol–water partition coefficient (Wildman–Crippen LogP) is 5.25. The lowest BCUT2D eigenvalue weighted by atomic mass is 10.0. The van der Waals surface area contributed by atoms with Gasteiger partial charge in [-0.2, -0.15) is 4.99 Å². The molecule has 1 amide bonds. The Morgan fingerprint density at radius 2 is 2.07 bits per heavy atom. The summed E-state index contributed by atoms with van der Waals surface area (Å²) in [6.07, 6.45) is 0. The van der Waals surface area contributed by atoms with Gasteiger partial charge in [0.25, 0.3) is 0 Å². The summed E-state index contributed by atoms with van der Waals surface area (Å²) < 4.78 is 14.4. The van der Waals surface area contributed by atoms with E-state index < -0.39 is 5.91 Å². The molecule has 4 rings (SSSR count). The molecule has 0 bridgehead atoms. The highest BCUT2D eigenvalue weighted by Crippen LogP contribution is 2.29. The maximum absolute atomic E-state index is 12.7. The molecule has 0 aliphatic heterocycles. The smallest absolute Gasteiger partial charge is 0.315 e. The molecular formula is C22H22N2O3S. The van der Waals surface area contributed by atoms with Crippen molar-refractivity contribution in [3.8, 4) is 5.75 Å². The van der Waals surface area contributed by atoms with Gasteiger partial charge in [0.1, 0.15) is 0 Å². The number of furan rings is 1. The topological polar surface area (TPSA) is 56.7 Å². The van der Waals surface area contributed by atoms with Gasteiger partial charge in [-0.25, -0.2) is 0 Å². The second-order valence-electron chi connectivity index (χ2n) is 6.96. The molecule has 0 aliphatic carbocycles. The molecule has 2 aromatic heterocycles. The summed E-state index contributed by atoms with van der Waals surface area (Å²) in [6, 6.07) is 13.7. The number of hydrogen-bond acceptors (Lipinski definition) is 4. The number of carbonyl (C=O) groups is 1. The van der Waals surface area contributed by atoms with Crippen molar-refractivity contribution in [2.75, 3.05) is 6.61 Å². The lowest BCUT2D eigenvalue weighted by molar-refractivity contribution is 0.0973. The van der Waals surface area contributed by atoms with E-state index in [1.54, 1.807) is 6.07 Å². The molecule has 0 fully saturated rings. The maximum atomic E-state index is 12.7. The summed E-state index contributed by atoms with van der Waals surface area (Å²) in [5.41, 5.74) is 2.90. The van der Waals surface area contributed by atoms with Gasteiger partial charge in [-0.3, -0.25) is 4.79 Å². The molecule has 28 heavy (non-hydrogen) atoms. The minimum atomic E-state index is -0.398. The van der Waals surface area contributed by atoms with E-state index in [0.717, 1.165) is 15.6 Å². The van der Waals surface area contributed by atoms with Crippen LogP contribution in [-0.4, -0.2) is 17.1 Å². The Morgan fingerprint density at radius 3 is 2.82 bits per heavy atom. The van der Waals surface area contributed by atoms with Crippen molar-refractivity contribution in [2.45, 2.75) is 26.7 Å². The minimum Gasteiger partial charge on any atom is -0.490 e. The van der Waals surface area contributed by atoms with Crippen LogP contribution in [0.25, 0.3) is 21.2 Å². The highest BCUT2D eigenvalue weighted by atomic mass is 32.1. The van der Waals surface area contributed by atoms with Gasteiger partial charge < -0.3 is 13.7 Å². The van der Waals surface area contributed by atoms with Crippen LogP contribution in [0.1, 0.15) is 42.8 Å². The van der Waals surface area contributed by atoms with E-state index in [1.807, 2.05) is 36.7 Å². The number of carbonyl (C=O) groups excluding carboxylic acids is 1. The second-order valence-corrected chi connectivity index (χ2v) is 7.97. The predicted molar refractivity (Wildman–Crippen MR) is 112 cm³/mol. The van der Waals surface area contributed by atoms with Crippen molar-refractivity contribution < 1.29 is 13.9 Å². The Labute approximate surface area is 166 Å². The third kappa shape index (κ3) is 3.24. The minimum absolute atomic E-state index is 0.211. The zero-order valence-corrected chi connectivity index (χ0v) is 17.2. The quantitative estimate of drug-likeness (QED) is 0.475. The van der Waals surface area contributed by atoms with Crippen LogP contribution in [0.15, 0.2) is 51.9 Å². The van der Waals surface area contributed by atoms with Crippen LogP contribution in [0, 0.1) is 0 Å². The summed E-state index contributed by atoms with van der Waals surface area (Å²) in [6.45, 7) is 6.78. The molecule has 5 nitrogen and oxygen atoms in total. The molecule has 0 unspecified atom stereocenters. The summed E-state index contributed by atoms with van der Waals surface area (Å²) in [5, 5.41) is 0.826. The number of hydrogen-bond donors (Lipinski definition) is 0. The van der Waals surface area contributed by atoms with Crippen molar-refractivity contribution in [1.82, 2.24) is 4.57 Å². The van der Waals surface area contributed by atoms with Crippen molar-refractivity contribution in [2.24, 2.45) is 12.0 Å². The van der Waals surface area contributed by atoms with Gasteiger partial charge in [0.15, 0.2) is 21.9 Å². The van der Waals surface area contributed by atoms with Crippen molar-refractivity contribution >= 4 is 38.4 Å². The van der Waals surface area contributed by atoms with Crippen molar-refractivity contribution in [1.29, 1.82) is 0 Å². The molecule has 0 N–H and O–H groups in total. The van der Waals surface area contributed by atoms with E-state index in [-0.39, 0.29) is 5.76 Å². The number of aryl methyl sites for hydroxylation is 1. The van der Waals surface area contributed by atoms with Crippen LogP contribution in [0.3, 0.4) is 0 Å². The van der Waals surface area contributed by atoms with Gasteiger partial charge in [-0.05, 0) is 42.7 Å². The number of benzene rings is 2. The number of amides is 1. The van der Waals surface area contributed by atoms with Crippen LogP contribution in [-0.2, 0) is 7.05 Å². The third-order valence-electron chi connectivity index (χ3n) is 4.72. The van der Waals surface area contributed by atoms with E-state index in [0.29, 0.717) is 28.7 Å². The largest absolute Gasteiger partial charge is 0.490 e. The summed E-state index contributed by atoms with van der Waals surface area (Å²) in [4.78, 5) is 17.7. The molecule has 2 heterocycles. The maximum Gasteiger partial charge on any atom is 0.315 e. The van der Waals surface area contributed by atoms with E-state index in [2.05, 4.69) is 37.0 Å². The number of aromatic nitrogens is 1. The Kier molecular flexibility index (Phi) is 4.81. The average Bonchev–Trinajstić information content (AvgIpc) is 3.24. The normalized spacial score (nSPS) is 12.4. The Balaban J connectivity index is 1.76. The zero-order valence-electron chi connectivity index (χ0n) is 16.4. The van der Waals surface area contributed by atoms with E-state index in [9.17, 15) is 4.79 Å². The lowest BCUT2D eigenvalue weighted by Gasteiger charge is -2.04. The molecule has 0 saturated carbocycles. The monoisotopic (exact) mass is 394 g/mol. The van der Waals surface area contributed by atoms with Gasteiger partial charge >= 0.3 is 5.91 Å². The van der Waals surface area contributed by atoms with Crippen molar-refractivity contribution in [3.05, 3.63) is 58.6 Å². The van der Waals surface area contributed by atoms with Gasteiger partial charge in [0, 0.05) is 12.4 Å². The third-order valence-corrected chi connectivity index (χ3v) is 5.81. The summed E-state index contributed by atoms with van der Waals surface area (Å²) >= 11 is 1.51. The van der Waals surface area contributed by atoms with E-state index in [4.69, 9.17) is 9.15 Å². The fraction of sp³-hybridized carbons (Fsp3) is 0.273. The number of ether oxygens (including phenoxy) is 1. The first kappa shape index (κ1) is 18.5. The first-order valence-electron chi connectivity index (χ1n) is 9.31. The molecule has 144 valence electrons. The van der Waals surface area contributed by atoms with Crippen LogP contribution in [0.5, 0.6) is 5.75 Å². The molecule has 0 radical (unpaired) electrons. The van der Waals surface area contributed by atoms with Crippen LogP contribution in [0.4, 0.5) is 0 Å². The molecule has 0 saturated heterocycles. The molecule has 6 heteroatoms. The number of nitrogens with zero attached hydrogens (tertiary/aromatic N) is 2. The molecular weight excluding hydrogens is 372 g/mol. The van der Waals surface area contributed by atoms with Crippen LogP contribution >= 0.6 is 11.3 Å². The highest BCUT2D eigenvalue weighted by molar-refractivity contribution is 7.16. The zero-order chi connectivity index (χ0) is 19.8. The van der Waals surface area contributed by atoms with Crippen LogP contribution in [0.2, 0.25) is 0 Å². The fourth-order valence-electron chi connectivity index (χ4n) is 3.17. The number of rotatable bonds is 4. The Hall–Kier alpha value is -2.86. The van der Waals surface area contributed by atoms with Gasteiger partial charge in [0.2, 0.25) is 0 Å². The second kappa shape index (κ2) is 7.28. The van der Waals surface area contributed by atoms with Gasteiger partial charge in [-0.15, -0.1) is 0 Å². The number of para-hydroxylation sites is 1. The fourth-order valence-corrected chi connectivity index (χ4v) is 4.23. The molecule has 0 atom stereocenters. The van der Waals surface area contributed by atoms with Crippen LogP contribution < -0.4 is 9.54 Å². The average molecular weight is 394 g/mol. The number of thiazole rings is 1. The first-order chi connectivity index (χ1) is 13.5. The standard InChI is InChI=1S/C22H22N2O3S/c1-5-26-17-8-6-7-15-11-18(27-20(15)17)21(25)23-22-24(4)16-10-9-14(13(2)3)12-19(16)28-22/h6-13H,5H2,1-4H3. The SMILES string of the molecule is CCOc1cccc2cc(C(=O)N=c3sc4cc(C(C)C)ccc4n3C)oc12. The van der Waals surface area contributed by atoms with E-state index >= 15 is 0 Å². The Bertz CT molecular complexity index is 1240.